The molecule has 0 aliphatic heterocycles. The fourth-order valence-corrected chi connectivity index (χ4v) is 1.79. The third-order valence-electron chi connectivity index (χ3n) is 1.65. The number of carbonyl (C=O) groups is 2. The van der Waals surface area contributed by atoms with E-state index in [1.165, 1.54) is 17.4 Å². The molecule has 5 nitrogen and oxygen atoms in total. The molecule has 6 heteroatoms. The van der Waals surface area contributed by atoms with Gasteiger partial charge in [-0.1, -0.05) is 0 Å². The van der Waals surface area contributed by atoms with Crippen LogP contribution in [0.3, 0.4) is 0 Å². The molecule has 0 aliphatic rings. The van der Waals surface area contributed by atoms with Gasteiger partial charge in [-0.15, -0.1) is 11.3 Å². The number of amides is 1. The van der Waals surface area contributed by atoms with Gasteiger partial charge in [-0.05, 0) is 25.1 Å². The minimum Gasteiger partial charge on any atom is -0.463 e. The summed E-state index contributed by atoms with van der Waals surface area (Å²) in [5.74, 6) is 4.24. The first kappa shape index (κ1) is 12.4. The molecule has 0 fully saturated rings. The van der Waals surface area contributed by atoms with E-state index in [4.69, 9.17) is 10.6 Å². The molecule has 0 aromatic carbocycles. The summed E-state index contributed by atoms with van der Waals surface area (Å²) < 4.78 is 4.72. The number of ether oxygens (including phenoxy) is 1. The first-order valence-electron chi connectivity index (χ1n) is 4.63. The van der Waals surface area contributed by atoms with Crippen molar-refractivity contribution in [3.63, 3.8) is 0 Å². The Labute approximate surface area is 96.9 Å². The second kappa shape index (κ2) is 6.04. The summed E-state index contributed by atoms with van der Waals surface area (Å²) in [7, 11) is 0. The number of hydrogen-bond acceptors (Lipinski definition) is 5. The number of esters is 1. The number of nitrogens with two attached hydrogens (primary N) is 1. The molecule has 0 atom stereocenters. The van der Waals surface area contributed by atoms with Gasteiger partial charge < -0.3 is 4.74 Å². The summed E-state index contributed by atoms with van der Waals surface area (Å²) in [5, 5.41) is 0. The Morgan fingerprint density at radius 2 is 2.31 bits per heavy atom. The van der Waals surface area contributed by atoms with E-state index in [-0.39, 0.29) is 5.91 Å². The maximum absolute atomic E-state index is 11.1. The van der Waals surface area contributed by atoms with E-state index in [0.717, 1.165) is 4.88 Å². The van der Waals surface area contributed by atoms with Crippen LogP contribution in [0.2, 0.25) is 0 Å². The first-order chi connectivity index (χ1) is 7.67. The second-order valence-electron chi connectivity index (χ2n) is 2.76. The molecule has 0 aliphatic carbocycles. The highest BCUT2D eigenvalue weighted by atomic mass is 32.1. The SMILES string of the molecule is CCOC(=O)C=Cc1ccc(C(=O)NN)s1. The summed E-state index contributed by atoms with van der Waals surface area (Å²) in [6.45, 7) is 2.08. The van der Waals surface area contributed by atoms with Crippen molar-refractivity contribution < 1.29 is 14.3 Å². The van der Waals surface area contributed by atoms with Gasteiger partial charge in [0.2, 0.25) is 0 Å². The van der Waals surface area contributed by atoms with Crippen LogP contribution in [0.15, 0.2) is 18.2 Å². The lowest BCUT2D eigenvalue weighted by atomic mass is 10.4. The van der Waals surface area contributed by atoms with Crippen LogP contribution >= 0.6 is 11.3 Å². The number of hydrogen-bond donors (Lipinski definition) is 2. The Morgan fingerprint density at radius 3 is 2.94 bits per heavy atom. The smallest absolute Gasteiger partial charge is 0.330 e. The standard InChI is InChI=1S/C10H12N2O3S/c1-2-15-9(13)6-4-7-3-5-8(16-7)10(14)12-11/h3-6H,2,11H2,1H3,(H,12,14). The van der Waals surface area contributed by atoms with Gasteiger partial charge in [0, 0.05) is 11.0 Å². The van der Waals surface area contributed by atoms with Crippen LogP contribution in [0.4, 0.5) is 0 Å². The lowest BCUT2D eigenvalue weighted by Gasteiger charge is -1.93. The van der Waals surface area contributed by atoms with Crippen LogP contribution in [0.5, 0.6) is 0 Å². The molecular weight excluding hydrogens is 228 g/mol. The normalized spacial score (nSPS) is 10.4. The van der Waals surface area contributed by atoms with Gasteiger partial charge in [0.25, 0.3) is 5.91 Å². The average Bonchev–Trinajstić information content (AvgIpc) is 2.74. The van der Waals surface area contributed by atoms with Gasteiger partial charge >= 0.3 is 5.97 Å². The summed E-state index contributed by atoms with van der Waals surface area (Å²) in [4.78, 5) is 23.4. The molecule has 1 rings (SSSR count). The van der Waals surface area contributed by atoms with E-state index >= 15 is 0 Å². The van der Waals surface area contributed by atoms with Crippen LogP contribution in [-0.4, -0.2) is 18.5 Å². The van der Waals surface area contributed by atoms with Crippen molar-refractivity contribution in [1.82, 2.24) is 5.43 Å². The third kappa shape index (κ3) is 3.48. The Bertz CT molecular complexity index is 412. The predicted octanol–water partition coefficient (Wildman–Crippen LogP) is 0.928. The Kier molecular flexibility index (Phi) is 4.68. The second-order valence-corrected chi connectivity index (χ2v) is 3.88. The van der Waals surface area contributed by atoms with Crippen LogP contribution in [0.25, 0.3) is 6.08 Å². The summed E-state index contributed by atoms with van der Waals surface area (Å²) in [6.07, 6.45) is 2.91. The molecule has 86 valence electrons. The minimum absolute atomic E-state index is 0.342. The number of rotatable bonds is 4. The topological polar surface area (TPSA) is 81.4 Å². The highest BCUT2D eigenvalue weighted by Gasteiger charge is 2.05. The lowest BCUT2D eigenvalue weighted by molar-refractivity contribution is -0.137. The summed E-state index contributed by atoms with van der Waals surface area (Å²) in [6, 6.07) is 3.36. The van der Waals surface area contributed by atoms with E-state index in [1.54, 1.807) is 25.1 Å². The van der Waals surface area contributed by atoms with Crippen molar-refractivity contribution in [2.45, 2.75) is 6.92 Å². The maximum atomic E-state index is 11.1. The van der Waals surface area contributed by atoms with Gasteiger partial charge in [0.05, 0.1) is 11.5 Å². The van der Waals surface area contributed by atoms with Crippen molar-refractivity contribution in [2.75, 3.05) is 6.61 Å². The Morgan fingerprint density at radius 1 is 1.56 bits per heavy atom. The fourth-order valence-electron chi connectivity index (χ4n) is 0.976. The van der Waals surface area contributed by atoms with Gasteiger partial charge in [-0.3, -0.25) is 10.2 Å². The molecule has 0 radical (unpaired) electrons. The van der Waals surface area contributed by atoms with Crippen LogP contribution in [0.1, 0.15) is 21.5 Å². The molecule has 1 aromatic heterocycles. The summed E-state index contributed by atoms with van der Waals surface area (Å²) in [5.41, 5.74) is 2.04. The molecule has 0 spiro atoms. The van der Waals surface area contributed by atoms with E-state index in [2.05, 4.69) is 0 Å². The third-order valence-corrected chi connectivity index (χ3v) is 2.70. The quantitative estimate of drug-likeness (QED) is 0.270. The molecule has 0 unspecified atom stereocenters. The Hall–Kier alpha value is -1.66. The number of carbonyl (C=O) groups excluding carboxylic acids is 2. The van der Waals surface area contributed by atoms with E-state index in [1.807, 2.05) is 5.43 Å². The van der Waals surface area contributed by atoms with Crippen molar-refractivity contribution in [1.29, 1.82) is 0 Å². The van der Waals surface area contributed by atoms with Crippen molar-refractivity contribution >= 4 is 29.3 Å². The molecule has 16 heavy (non-hydrogen) atoms. The number of nitrogen functional groups attached to an aromatic ring is 1. The zero-order chi connectivity index (χ0) is 12.0. The maximum Gasteiger partial charge on any atom is 0.330 e. The minimum atomic E-state index is -0.402. The highest BCUT2D eigenvalue weighted by Crippen LogP contribution is 2.17. The first-order valence-corrected chi connectivity index (χ1v) is 5.44. The molecule has 0 saturated heterocycles. The zero-order valence-electron chi connectivity index (χ0n) is 8.73. The molecule has 0 saturated carbocycles. The predicted molar refractivity (Wildman–Crippen MR) is 61.6 cm³/mol. The van der Waals surface area contributed by atoms with Crippen LogP contribution in [-0.2, 0) is 9.53 Å². The van der Waals surface area contributed by atoms with Gasteiger partial charge in [-0.25, -0.2) is 10.6 Å². The van der Waals surface area contributed by atoms with Crippen LogP contribution < -0.4 is 11.3 Å². The van der Waals surface area contributed by atoms with Crippen molar-refractivity contribution in [3.8, 4) is 0 Å². The lowest BCUT2D eigenvalue weighted by Crippen LogP contribution is -2.29. The van der Waals surface area contributed by atoms with Gasteiger partial charge in [0.15, 0.2) is 0 Å². The molecule has 1 aromatic rings. The van der Waals surface area contributed by atoms with E-state index in [0.29, 0.717) is 11.5 Å². The van der Waals surface area contributed by atoms with Gasteiger partial charge in [-0.2, -0.15) is 0 Å². The largest absolute Gasteiger partial charge is 0.463 e. The molecule has 3 N–H and O–H groups in total. The number of nitrogens with one attached hydrogen (secondary N) is 1. The average molecular weight is 240 g/mol. The molecule has 1 amide bonds. The van der Waals surface area contributed by atoms with E-state index in [9.17, 15) is 9.59 Å². The van der Waals surface area contributed by atoms with Crippen LogP contribution in [0, 0.1) is 0 Å². The molecule has 1 heterocycles. The molecular formula is C10H12N2O3S. The van der Waals surface area contributed by atoms with Crippen molar-refractivity contribution in [3.05, 3.63) is 28.0 Å². The fraction of sp³-hybridized carbons (Fsp3) is 0.200. The Balaban J connectivity index is 2.65. The number of hydrazine groups is 1. The summed E-state index contributed by atoms with van der Waals surface area (Å²) >= 11 is 1.24. The van der Waals surface area contributed by atoms with Gasteiger partial charge in [0.1, 0.15) is 0 Å². The monoisotopic (exact) mass is 240 g/mol. The van der Waals surface area contributed by atoms with E-state index < -0.39 is 5.97 Å². The van der Waals surface area contributed by atoms with Crippen molar-refractivity contribution in [2.24, 2.45) is 5.84 Å². The molecule has 0 bridgehead atoms. The zero-order valence-corrected chi connectivity index (χ0v) is 9.54. The number of thiophene rings is 1. The highest BCUT2D eigenvalue weighted by molar-refractivity contribution is 7.14.